The Bertz CT molecular complexity index is 537. The van der Waals surface area contributed by atoms with Crippen LogP contribution in [0.1, 0.15) is 69.6 Å². The van der Waals surface area contributed by atoms with Crippen LogP contribution in [0.4, 0.5) is 0 Å². The standard InChI is InChI=1S/C16H27N5O.2ClH/c1-11(18-15(22)10-12-6-5-7-13(12)17)16-20-19-14-8-3-2-4-9-21(14)16;;/h11-13H,2-10,17H2,1H3,(H,18,22);2*1H/t11-,12+,13-;;/m1../s1. The zero-order chi connectivity index (χ0) is 15.5. The van der Waals surface area contributed by atoms with E-state index in [0.717, 1.165) is 50.3 Å². The Morgan fingerprint density at radius 1 is 1.25 bits per heavy atom. The van der Waals surface area contributed by atoms with Crippen LogP contribution in [-0.2, 0) is 17.8 Å². The first-order valence-corrected chi connectivity index (χ1v) is 8.62. The van der Waals surface area contributed by atoms with Gasteiger partial charge in [0, 0.05) is 25.4 Å². The summed E-state index contributed by atoms with van der Waals surface area (Å²) >= 11 is 0. The molecule has 1 amide bonds. The number of fused-ring (bicyclic) bond motifs is 1. The van der Waals surface area contributed by atoms with Crippen LogP contribution < -0.4 is 11.1 Å². The number of hydrogen-bond donors (Lipinski definition) is 2. The highest BCUT2D eigenvalue weighted by atomic mass is 35.5. The summed E-state index contributed by atoms with van der Waals surface area (Å²) in [6.45, 7) is 2.96. The summed E-state index contributed by atoms with van der Waals surface area (Å²) in [5.41, 5.74) is 6.05. The van der Waals surface area contributed by atoms with E-state index in [4.69, 9.17) is 5.73 Å². The number of halogens is 2. The molecule has 1 saturated carbocycles. The Morgan fingerprint density at radius 3 is 2.75 bits per heavy atom. The number of nitrogens with two attached hydrogens (primary N) is 1. The Balaban J connectivity index is 0.00000144. The van der Waals surface area contributed by atoms with Crippen molar-refractivity contribution in [3.63, 3.8) is 0 Å². The van der Waals surface area contributed by atoms with E-state index in [1.807, 2.05) is 6.92 Å². The van der Waals surface area contributed by atoms with E-state index in [1.165, 1.54) is 12.8 Å². The molecule has 2 heterocycles. The lowest BCUT2D eigenvalue weighted by Gasteiger charge is -2.18. The molecule has 0 saturated heterocycles. The summed E-state index contributed by atoms with van der Waals surface area (Å²) in [7, 11) is 0. The highest BCUT2D eigenvalue weighted by Crippen LogP contribution is 2.27. The van der Waals surface area contributed by atoms with Crippen LogP contribution in [0.2, 0.25) is 0 Å². The fourth-order valence-corrected chi connectivity index (χ4v) is 3.75. The van der Waals surface area contributed by atoms with Gasteiger partial charge >= 0.3 is 0 Å². The molecule has 24 heavy (non-hydrogen) atoms. The monoisotopic (exact) mass is 377 g/mol. The summed E-state index contributed by atoms with van der Waals surface area (Å²) in [4.78, 5) is 12.3. The molecule has 1 aromatic heterocycles. The second-order valence-electron chi connectivity index (χ2n) is 6.78. The van der Waals surface area contributed by atoms with Crippen molar-refractivity contribution in [2.45, 2.75) is 76.9 Å². The van der Waals surface area contributed by atoms with Gasteiger partial charge in [0.25, 0.3) is 0 Å². The minimum absolute atomic E-state index is 0. The van der Waals surface area contributed by atoms with Crippen LogP contribution in [0.25, 0.3) is 0 Å². The molecule has 6 nitrogen and oxygen atoms in total. The maximum Gasteiger partial charge on any atom is 0.220 e. The Kier molecular flexibility index (Phi) is 8.46. The zero-order valence-corrected chi connectivity index (χ0v) is 15.9. The van der Waals surface area contributed by atoms with Gasteiger partial charge in [-0.05, 0) is 38.5 Å². The second kappa shape index (κ2) is 9.59. The van der Waals surface area contributed by atoms with Gasteiger partial charge in [0.2, 0.25) is 5.91 Å². The number of amides is 1. The maximum absolute atomic E-state index is 12.3. The summed E-state index contributed by atoms with van der Waals surface area (Å²) in [5.74, 6) is 2.37. The van der Waals surface area contributed by atoms with Gasteiger partial charge in [0.1, 0.15) is 5.82 Å². The first kappa shape index (κ1) is 21.2. The van der Waals surface area contributed by atoms with Crippen molar-refractivity contribution in [1.29, 1.82) is 0 Å². The molecule has 3 atom stereocenters. The van der Waals surface area contributed by atoms with Crippen LogP contribution >= 0.6 is 24.8 Å². The van der Waals surface area contributed by atoms with Crippen molar-refractivity contribution in [1.82, 2.24) is 20.1 Å². The number of hydrogen-bond acceptors (Lipinski definition) is 4. The van der Waals surface area contributed by atoms with Gasteiger partial charge in [-0.1, -0.05) is 12.8 Å². The Labute approximate surface area is 156 Å². The summed E-state index contributed by atoms with van der Waals surface area (Å²) < 4.78 is 2.19. The maximum atomic E-state index is 12.3. The van der Waals surface area contributed by atoms with Crippen molar-refractivity contribution >= 4 is 30.7 Å². The number of carbonyl (C=O) groups excluding carboxylic acids is 1. The van der Waals surface area contributed by atoms with E-state index in [0.29, 0.717) is 12.3 Å². The summed E-state index contributed by atoms with van der Waals surface area (Å²) in [5, 5.41) is 11.7. The number of aromatic nitrogens is 3. The molecular weight excluding hydrogens is 349 g/mol. The number of carbonyl (C=O) groups is 1. The van der Waals surface area contributed by atoms with Crippen LogP contribution in [0.15, 0.2) is 0 Å². The summed E-state index contributed by atoms with van der Waals surface area (Å²) in [6.07, 6.45) is 8.37. The van der Waals surface area contributed by atoms with Crippen molar-refractivity contribution in [2.24, 2.45) is 11.7 Å². The topological polar surface area (TPSA) is 85.8 Å². The molecule has 1 aliphatic carbocycles. The third-order valence-corrected chi connectivity index (χ3v) is 5.07. The average Bonchev–Trinajstić information content (AvgIpc) is 2.99. The molecule has 3 rings (SSSR count). The normalized spacial score (nSPS) is 24.1. The minimum atomic E-state index is -0.0931. The zero-order valence-electron chi connectivity index (χ0n) is 14.2. The molecule has 2 aliphatic rings. The van der Waals surface area contributed by atoms with E-state index in [2.05, 4.69) is 20.1 Å². The molecule has 138 valence electrons. The first-order valence-electron chi connectivity index (χ1n) is 8.62. The van der Waals surface area contributed by atoms with Gasteiger partial charge in [-0.2, -0.15) is 0 Å². The van der Waals surface area contributed by atoms with Gasteiger partial charge < -0.3 is 15.6 Å². The Hall–Kier alpha value is -0.850. The third-order valence-electron chi connectivity index (χ3n) is 5.07. The van der Waals surface area contributed by atoms with Crippen LogP contribution in [-0.4, -0.2) is 26.7 Å². The number of nitrogens with one attached hydrogen (secondary N) is 1. The molecule has 0 bridgehead atoms. The lowest BCUT2D eigenvalue weighted by molar-refractivity contribution is -0.122. The number of aryl methyl sites for hydroxylation is 1. The molecule has 3 N–H and O–H groups in total. The number of rotatable bonds is 4. The van der Waals surface area contributed by atoms with E-state index in [1.54, 1.807) is 0 Å². The van der Waals surface area contributed by atoms with Gasteiger partial charge in [0.15, 0.2) is 5.82 Å². The van der Waals surface area contributed by atoms with E-state index < -0.39 is 0 Å². The van der Waals surface area contributed by atoms with E-state index >= 15 is 0 Å². The lowest BCUT2D eigenvalue weighted by Crippen LogP contribution is -2.33. The molecule has 1 fully saturated rings. The van der Waals surface area contributed by atoms with Crippen molar-refractivity contribution in [2.75, 3.05) is 0 Å². The smallest absolute Gasteiger partial charge is 0.220 e. The van der Waals surface area contributed by atoms with Gasteiger partial charge in [0.05, 0.1) is 6.04 Å². The van der Waals surface area contributed by atoms with Crippen LogP contribution in [0, 0.1) is 5.92 Å². The van der Waals surface area contributed by atoms with E-state index in [-0.39, 0.29) is 42.8 Å². The second-order valence-corrected chi connectivity index (χ2v) is 6.78. The van der Waals surface area contributed by atoms with Crippen molar-refractivity contribution < 1.29 is 4.79 Å². The molecular formula is C16H29Cl2N5O. The highest BCUT2D eigenvalue weighted by molar-refractivity contribution is 5.85. The largest absolute Gasteiger partial charge is 0.346 e. The Morgan fingerprint density at radius 2 is 2.04 bits per heavy atom. The summed E-state index contributed by atoms with van der Waals surface area (Å²) in [6, 6.07) is 0.0925. The molecule has 8 heteroatoms. The lowest BCUT2D eigenvalue weighted by atomic mass is 10.00. The van der Waals surface area contributed by atoms with Gasteiger partial charge in [-0.25, -0.2) is 0 Å². The first-order chi connectivity index (χ1) is 10.6. The molecule has 0 aromatic carbocycles. The fraction of sp³-hybridized carbons (Fsp3) is 0.812. The average molecular weight is 378 g/mol. The molecule has 0 radical (unpaired) electrons. The van der Waals surface area contributed by atoms with Gasteiger partial charge in [-0.3, -0.25) is 4.79 Å². The third kappa shape index (κ3) is 4.83. The van der Waals surface area contributed by atoms with Crippen LogP contribution in [0.5, 0.6) is 0 Å². The SMILES string of the molecule is C[C@@H](NC(=O)C[C@@H]1CCC[C@H]1N)c1nnc2n1CCCCC2.Cl.Cl. The van der Waals surface area contributed by atoms with E-state index in [9.17, 15) is 4.79 Å². The molecule has 1 aliphatic heterocycles. The quantitative estimate of drug-likeness (QED) is 0.843. The number of nitrogens with zero attached hydrogens (tertiary/aromatic N) is 3. The predicted octanol–water partition coefficient (Wildman–Crippen LogP) is 2.54. The highest BCUT2D eigenvalue weighted by Gasteiger charge is 2.27. The fourth-order valence-electron chi connectivity index (χ4n) is 3.75. The van der Waals surface area contributed by atoms with Crippen LogP contribution in [0.3, 0.4) is 0 Å². The molecule has 1 aromatic rings. The van der Waals surface area contributed by atoms with Crippen molar-refractivity contribution in [3.8, 4) is 0 Å². The van der Waals surface area contributed by atoms with Crippen molar-refractivity contribution in [3.05, 3.63) is 11.6 Å². The minimum Gasteiger partial charge on any atom is -0.346 e. The molecule has 0 unspecified atom stereocenters. The van der Waals surface area contributed by atoms with Gasteiger partial charge in [-0.15, -0.1) is 35.0 Å². The molecule has 0 spiro atoms. The predicted molar refractivity (Wildman–Crippen MR) is 98.6 cm³/mol.